The van der Waals surface area contributed by atoms with Gasteiger partial charge in [0.25, 0.3) is 5.91 Å². The minimum Gasteiger partial charge on any atom is -0.379 e. The maximum Gasteiger partial charge on any atom is 0.251 e. The van der Waals surface area contributed by atoms with Crippen LogP contribution in [0.4, 0.5) is 0 Å². The van der Waals surface area contributed by atoms with Crippen LogP contribution in [0.2, 0.25) is 5.02 Å². The van der Waals surface area contributed by atoms with E-state index in [2.05, 4.69) is 22.3 Å². The van der Waals surface area contributed by atoms with Crippen LogP contribution in [-0.4, -0.2) is 62.9 Å². The molecule has 172 valence electrons. The van der Waals surface area contributed by atoms with Gasteiger partial charge in [-0.3, -0.25) is 9.69 Å². The third kappa shape index (κ3) is 5.50. The number of carbonyl (C=O) groups is 1. The fourth-order valence-corrected chi connectivity index (χ4v) is 6.07. The highest BCUT2D eigenvalue weighted by atomic mass is 35.5. The molecule has 7 nitrogen and oxygen atoms in total. The Hall–Kier alpha value is -1.97. The number of nitrogens with zero attached hydrogens (tertiary/aromatic N) is 2. The molecule has 0 bridgehead atoms. The van der Waals surface area contributed by atoms with Crippen molar-refractivity contribution in [3.8, 4) is 0 Å². The molecule has 1 amide bonds. The monoisotopic (exact) mass is 477 g/mol. The highest BCUT2D eigenvalue weighted by Crippen LogP contribution is 2.28. The molecule has 9 heteroatoms. The Morgan fingerprint density at radius 1 is 1.00 bits per heavy atom. The second kappa shape index (κ2) is 10.3. The summed E-state index contributed by atoms with van der Waals surface area (Å²) in [7, 11) is -3.70. The van der Waals surface area contributed by atoms with E-state index in [1.165, 1.54) is 22.0 Å². The van der Waals surface area contributed by atoms with Gasteiger partial charge in [-0.1, -0.05) is 35.9 Å². The zero-order valence-electron chi connectivity index (χ0n) is 17.9. The van der Waals surface area contributed by atoms with Crippen molar-refractivity contribution in [1.29, 1.82) is 0 Å². The van der Waals surface area contributed by atoms with E-state index in [0.717, 1.165) is 51.3 Å². The molecule has 0 spiro atoms. The van der Waals surface area contributed by atoms with Crippen molar-refractivity contribution in [3.63, 3.8) is 0 Å². The number of nitrogens with one attached hydrogen (secondary N) is 1. The molecule has 32 heavy (non-hydrogen) atoms. The van der Waals surface area contributed by atoms with Crippen molar-refractivity contribution in [1.82, 2.24) is 14.5 Å². The molecular formula is C23H28ClN3O4S. The number of carbonyl (C=O) groups excluding carboxylic acids is 1. The second-order valence-electron chi connectivity index (χ2n) is 8.15. The van der Waals surface area contributed by atoms with Gasteiger partial charge in [-0.15, -0.1) is 0 Å². The summed E-state index contributed by atoms with van der Waals surface area (Å²) < 4.78 is 32.6. The molecule has 0 saturated carbocycles. The lowest BCUT2D eigenvalue weighted by Crippen LogP contribution is -2.35. The van der Waals surface area contributed by atoms with Gasteiger partial charge in [-0.2, -0.15) is 4.31 Å². The zero-order valence-corrected chi connectivity index (χ0v) is 19.5. The molecule has 0 atom stereocenters. The van der Waals surface area contributed by atoms with Crippen molar-refractivity contribution in [3.05, 3.63) is 64.2 Å². The Morgan fingerprint density at radius 2 is 1.72 bits per heavy atom. The molecule has 2 aromatic carbocycles. The van der Waals surface area contributed by atoms with Crippen LogP contribution in [0.1, 0.15) is 34.3 Å². The van der Waals surface area contributed by atoms with E-state index in [1.54, 1.807) is 6.07 Å². The number of ether oxygens (including phenoxy) is 1. The van der Waals surface area contributed by atoms with E-state index in [4.69, 9.17) is 16.3 Å². The van der Waals surface area contributed by atoms with Gasteiger partial charge in [0.1, 0.15) is 4.90 Å². The first-order chi connectivity index (χ1) is 15.4. The SMILES string of the molecule is O=C(NCc1cccc(CN2CCOCC2)c1)c1ccc(Cl)c(S(=O)(=O)N2CCCC2)c1. The van der Waals surface area contributed by atoms with E-state index in [-0.39, 0.29) is 21.4 Å². The van der Waals surface area contributed by atoms with Crippen molar-refractivity contribution in [2.75, 3.05) is 39.4 Å². The second-order valence-corrected chi connectivity index (χ2v) is 10.5. The van der Waals surface area contributed by atoms with Gasteiger partial charge in [0.2, 0.25) is 10.0 Å². The van der Waals surface area contributed by atoms with E-state index < -0.39 is 10.0 Å². The molecule has 0 aromatic heterocycles. The van der Waals surface area contributed by atoms with Crippen LogP contribution >= 0.6 is 11.6 Å². The summed E-state index contributed by atoms with van der Waals surface area (Å²) in [5.74, 6) is -0.335. The lowest BCUT2D eigenvalue weighted by Gasteiger charge is -2.26. The third-order valence-electron chi connectivity index (χ3n) is 5.83. The zero-order chi connectivity index (χ0) is 22.6. The number of halogens is 1. The van der Waals surface area contributed by atoms with Gasteiger partial charge in [0.15, 0.2) is 0 Å². The highest BCUT2D eigenvalue weighted by molar-refractivity contribution is 7.89. The summed E-state index contributed by atoms with van der Waals surface area (Å²) in [5.41, 5.74) is 2.45. The molecule has 2 aliphatic heterocycles. The highest BCUT2D eigenvalue weighted by Gasteiger charge is 2.29. The molecular weight excluding hydrogens is 450 g/mol. The predicted octanol–water partition coefficient (Wildman–Crippen LogP) is 2.89. The van der Waals surface area contributed by atoms with Gasteiger partial charge in [-0.25, -0.2) is 8.42 Å². The average molecular weight is 478 g/mol. The number of morpholine rings is 1. The Balaban J connectivity index is 1.42. The summed E-state index contributed by atoms with van der Waals surface area (Å²) >= 11 is 6.18. The smallest absolute Gasteiger partial charge is 0.251 e. The summed E-state index contributed by atoms with van der Waals surface area (Å²) in [6, 6.07) is 12.5. The number of sulfonamides is 1. The van der Waals surface area contributed by atoms with Crippen molar-refractivity contribution < 1.29 is 17.9 Å². The van der Waals surface area contributed by atoms with Gasteiger partial charge in [0.05, 0.1) is 18.2 Å². The molecule has 0 aliphatic carbocycles. The molecule has 0 radical (unpaired) electrons. The first kappa shape index (κ1) is 23.2. The summed E-state index contributed by atoms with van der Waals surface area (Å²) in [6.07, 6.45) is 1.67. The van der Waals surface area contributed by atoms with Crippen LogP contribution in [0.15, 0.2) is 47.4 Å². The van der Waals surface area contributed by atoms with Gasteiger partial charge < -0.3 is 10.1 Å². The maximum absolute atomic E-state index is 12.9. The largest absolute Gasteiger partial charge is 0.379 e. The van der Waals surface area contributed by atoms with Crippen LogP contribution in [0.3, 0.4) is 0 Å². The number of rotatable bonds is 7. The van der Waals surface area contributed by atoms with E-state index in [0.29, 0.717) is 19.6 Å². The van der Waals surface area contributed by atoms with Gasteiger partial charge in [0, 0.05) is 44.8 Å². The maximum atomic E-state index is 12.9. The Kier molecular flexibility index (Phi) is 7.48. The van der Waals surface area contributed by atoms with Crippen LogP contribution in [0.5, 0.6) is 0 Å². The Bertz CT molecular complexity index is 1060. The number of amides is 1. The summed E-state index contributed by atoms with van der Waals surface area (Å²) in [6.45, 7) is 5.51. The van der Waals surface area contributed by atoms with E-state index in [9.17, 15) is 13.2 Å². The molecule has 2 saturated heterocycles. The minimum absolute atomic E-state index is 0.0128. The van der Waals surface area contributed by atoms with E-state index >= 15 is 0 Å². The fourth-order valence-electron chi connectivity index (χ4n) is 4.05. The number of hydrogen-bond donors (Lipinski definition) is 1. The molecule has 1 N–H and O–H groups in total. The first-order valence-corrected chi connectivity index (χ1v) is 12.7. The van der Waals surface area contributed by atoms with Crippen LogP contribution in [0.25, 0.3) is 0 Å². The standard InChI is InChI=1S/C23H28ClN3O4S/c24-21-7-6-20(15-22(21)32(29,30)27-8-1-2-9-27)23(28)25-16-18-4-3-5-19(14-18)17-26-10-12-31-13-11-26/h3-7,14-15H,1-2,8-13,16-17H2,(H,25,28). The molecule has 2 aliphatic rings. The molecule has 2 aromatic rings. The van der Waals surface area contributed by atoms with Crippen molar-refractivity contribution in [2.24, 2.45) is 0 Å². The van der Waals surface area contributed by atoms with Gasteiger partial charge in [-0.05, 0) is 42.2 Å². The molecule has 2 heterocycles. The van der Waals surface area contributed by atoms with E-state index in [1.807, 2.05) is 12.1 Å². The average Bonchev–Trinajstić information content (AvgIpc) is 3.35. The molecule has 4 rings (SSSR count). The van der Waals surface area contributed by atoms with Crippen molar-refractivity contribution >= 4 is 27.5 Å². The quantitative estimate of drug-likeness (QED) is 0.663. The Labute approximate surface area is 194 Å². The predicted molar refractivity (Wildman–Crippen MR) is 123 cm³/mol. The number of benzene rings is 2. The molecule has 2 fully saturated rings. The third-order valence-corrected chi connectivity index (χ3v) is 8.21. The van der Waals surface area contributed by atoms with Crippen molar-refractivity contribution in [2.45, 2.75) is 30.8 Å². The normalized spacial score (nSPS) is 18.0. The first-order valence-electron chi connectivity index (χ1n) is 10.9. The fraction of sp³-hybridized carbons (Fsp3) is 0.435. The minimum atomic E-state index is -3.70. The van der Waals surface area contributed by atoms with Crippen LogP contribution in [0, 0.1) is 0 Å². The van der Waals surface area contributed by atoms with Crippen LogP contribution < -0.4 is 5.32 Å². The van der Waals surface area contributed by atoms with Crippen LogP contribution in [-0.2, 0) is 27.8 Å². The number of hydrogen-bond acceptors (Lipinski definition) is 5. The Morgan fingerprint density at radius 3 is 2.47 bits per heavy atom. The summed E-state index contributed by atoms with van der Waals surface area (Å²) in [5, 5.41) is 3.02. The van der Waals surface area contributed by atoms with Gasteiger partial charge >= 0.3 is 0 Å². The lowest BCUT2D eigenvalue weighted by molar-refractivity contribution is 0.0342. The summed E-state index contributed by atoms with van der Waals surface area (Å²) in [4.78, 5) is 15.1. The topological polar surface area (TPSA) is 79.0 Å². The molecule has 0 unspecified atom stereocenters. The lowest BCUT2D eigenvalue weighted by atomic mass is 10.1.